The van der Waals surface area contributed by atoms with E-state index in [2.05, 4.69) is 5.32 Å². The van der Waals surface area contributed by atoms with Crippen LogP contribution in [0.15, 0.2) is 70.3 Å². The van der Waals surface area contributed by atoms with Crippen LogP contribution < -0.4 is 10.1 Å². The van der Waals surface area contributed by atoms with E-state index in [1.165, 1.54) is 11.4 Å². The van der Waals surface area contributed by atoms with E-state index in [0.717, 1.165) is 22.5 Å². The van der Waals surface area contributed by atoms with Crippen LogP contribution in [0.3, 0.4) is 0 Å². The molecule has 0 fully saturated rings. The molecule has 1 atom stereocenters. The Morgan fingerprint density at radius 1 is 1.07 bits per heavy atom. The maximum Gasteiger partial charge on any atom is 0.253 e. The minimum atomic E-state index is -3.80. The maximum atomic E-state index is 13.3. The molecular weight excluding hydrogens is 408 g/mol. The van der Waals surface area contributed by atoms with Gasteiger partial charge in [-0.1, -0.05) is 42.5 Å². The summed E-state index contributed by atoms with van der Waals surface area (Å²) < 4.78 is 33.4. The molecule has 150 valence electrons. The summed E-state index contributed by atoms with van der Waals surface area (Å²) in [4.78, 5) is 13.2. The number of methoxy groups -OCH3 is 1. The lowest BCUT2D eigenvalue weighted by molar-refractivity contribution is -0.120. The van der Waals surface area contributed by atoms with E-state index in [0.29, 0.717) is 17.9 Å². The first kappa shape index (κ1) is 19.6. The van der Waals surface area contributed by atoms with Gasteiger partial charge in [-0.2, -0.15) is 4.31 Å². The highest BCUT2D eigenvalue weighted by Crippen LogP contribution is 2.32. The van der Waals surface area contributed by atoms with Crippen molar-refractivity contribution in [3.05, 3.63) is 77.2 Å². The molecule has 1 aromatic heterocycles. The molecule has 0 aliphatic carbocycles. The van der Waals surface area contributed by atoms with Crippen LogP contribution in [-0.4, -0.2) is 31.8 Å². The summed E-state index contributed by atoms with van der Waals surface area (Å²) in [6.45, 7) is 0.153. The number of anilines is 1. The standard InChI is InChI=1S/C21H20N2O4S2/c1-27-19-10-5-4-9-17(19)22-21(24)18-13-15-7-2-3-8-16(15)14-23(18)29(25,26)20-11-6-12-28-20/h2-12,18H,13-14H2,1H3,(H,22,24). The number of fused-ring (bicyclic) bond motifs is 1. The molecule has 0 saturated carbocycles. The van der Waals surface area contributed by atoms with Crippen molar-refractivity contribution in [2.45, 2.75) is 23.2 Å². The Kier molecular flexibility index (Phi) is 5.40. The predicted octanol–water partition coefficient (Wildman–Crippen LogP) is 3.51. The lowest BCUT2D eigenvalue weighted by atomic mass is 9.95. The van der Waals surface area contributed by atoms with Gasteiger partial charge in [0, 0.05) is 6.54 Å². The highest BCUT2D eigenvalue weighted by atomic mass is 32.2. The Balaban J connectivity index is 1.71. The fourth-order valence-corrected chi connectivity index (χ4v) is 6.15. The van der Waals surface area contributed by atoms with E-state index in [1.54, 1.807) is 41.8 Å². The number of carbonyl (C=O) groups is 1. The van der Waals surface area contributed by atoms with Crippen molar-refractivity contribution in [1.29, 1.82) is 0 Å². The number of hydrogen-bond donors (Lipinski definition) is 1. The molecule has 6 nitrogen and oxygen atoms in total. The molecule has 2 aromatic carbocycles. The summed E-state index contributed by atoms with van der Waals surface area (Å²) in [6, 6.07) is 17.1. The van der Waals surface area contributed by atoms with Gasteiger partial charge in [0.1, 0.15) is 16.0 Å². The third kappa shape index (κ3) is 3.78. The molecule has 0 saturated heterocycles. The highest BCUT2D eigenvalue weighted by molar-refractivity contribution is 7.91. The second-order valence-corrected chi connectivity index (χ2v) is 9.73. The second kappa shape index (κ2) is 7.98. The summed E-state index contributed by atoms with van der Waals surface area (Å²) in [6.07, 6.45) is 0.307. The van der Waals surface area contributed by atoms with Gasteiger partial charge in [-0.3, -0.25) is 4.79 Å². The third-order valence-electron chi connectivity index (χ3n) is 4.93. The van der Waals surface area contributed by atoms with Crippen LogP contribution in [0.2, 0.25) is 0 Å². The molecule has 29 heavy (non-hydrogen) atoms. The van der Waals surface area contributed by atoms with Crippen molar-refractivity contribution in [1.82, 2.24) is 4.31 Å². The maximum absolute atomic E-state index is 13.3. The van der Waals surface area contributed by atoms with Gasteiger partial charge in [0.2, 0.25) is 5.91 Å². The highest BCUT2D eigenvalue weighted by Gasteiger charge is 2.40. The van der Waals surface area contributed by atoms with Gasteiger partial charge in [0.05, 0.1) is 12.8 Å². The number of ether oxygens (including phenoxy) is 1. The van der Waals surface area contributed by atoms with Gasteiger partial charge >= 0.3 is 0 Å². The average molecular weight is 429 g/mol. The Bertz CT molecular complexity index is 1130. The van der Waals surface area contributed by atoms with Gasteiger partial charge in [-0.05, 0) is 41.1 Å². The first-order chi connectivity index (χ1) is 14.0. The van der Waals surface area contributed by atoms with E-state index in [-0.39, 0.29) is 16.7 Å². The number of benzene rings is 2. The van der Waals surface area contributed by atoms with E-state index in [9.17, 15) is 13.2 Å². The van der Waals surface area contributed by atoms with Crippen molar-refractivity contribution in [2.24, 2.45) is 0 Å². The van der Waals surface area contributed by atoms with Crippen molar-refractivity contribution in [3.63, 3.8) is 0 Å². The first-order valence-corrected chi connectivity index (χ1v) is 11.4. The molecule has 1 aliphatic rings. The van der Waals surface area contributed by atoms with Crippen LogP contribution in [0.25, 0.3) is 0 Å². The van der Waals surface area contributed by atoms with Gasteiger partial charge in [0.15, 0.2) is 0 Å². The number of rotatable bonds is 5. The van der Waals surface area contributed by atoms with Gasteiger partial charge < -0.3 is 10.1 Å². The molecule has 1 unspecified atom stereocenters. The van der Waals surface area contributed by atoms with Crippen molar-refractivity contribution in [2.75, 3.05) is 12.4 Å². The van der Waals surface area contributed by atoms with Crippen LogP contribution in [0.4, 0.5) is 5.69 Å². The Morgan fingerprint density at radius 3 is 2.52 bits per heavy atom. The van der Waals surface area contributed by atoms with E-state index in [4.69, 9.17) is 4.74 Å². The van der Waals surface area contributed by atoms with E-state index in [1.807, 2.05) is 24.3 Å². The van der Waals surface area contributed by atoms with Crippen molar-refractivity contribution >= 4 is 33.0 Å². The average Bonchev–Trinajstić information content (AvgIpc) is 3.29. The second-order valence-electron chi connectivity index (χ2n) is 6.66. The SMILES string of the molecule is COc1ccccc1NC(=O)C1Cc2ccccc2CN1S(=O)(=O)c1cccs1. The molecule has 0 radical (unpaired) electrons. The largest absolute Gasteiger partial charge is 0.495 e. The molecule has 1 aliphatic heterocycles. The lowest BCUT2D eigenvalue weighted by Crippen LogP contribution is -2.50. The number of hydrogen-bond acceptors (Lipinski definition) is 5. The number of sulfonamides is 1. The monoisotopic (exact) mass is 428 g/mol. The van der Waals surface area contributed by atoms with Crippen molar-refractivity contribution < 1.29 is 17.9 Å². The zero-order chi connectivity index (χ0) is 20.4. The van der Waals surface area contributed by atoms with Gasteiger partial charge in [-0.25, -0.2) is 8.42 Å². The number of amides is 1. The first-order valence-electron chi connectivity index (χ1n) is 9.06. The number of nitrogens with one attached hydrogen (secondary N) is 1. The Hall–Kier alpha value is -2.68. The summed E-state index contributed by atoms with van der Waals surface area (Å²) in [5.74, 6) is 0.133. The normalized spacial score (nSPS) is 16.8. The summed E-state index contributed by atoms with van der Waals surface area (Å²) in [7, 11) is -2.28. The molecule has 1 N–H and O–H groups in total. The summed E-state index contributed by atoms with van der Waals surface area (Å²) in [5.41, 5.74) is 2.40. The van der Waals surface area contributed by atoms with E-state index < -0.39 is 16.1 Å². The lowest BCUT2D eigenvalue weighted by Gasteiger charge is -2.34. The van der Waals surface area contributed by atoms with Crippen LogP contribution in [0, 0.1) is 0 Å². The summed E-state index contributed by atoms with van der Waals surface area (Å²) >= 11 is 1.15. The molecular formula is C21H20N2O4S2. The zero-order valence-electron chi connectivity index (χ0n) is 15.7. The quantitative estimate of drug-likeness (QED) is 0.675. The van der Waals surface area contributed by atoms with Gasteiger partial charge in [0.25, 0.3) is 10.0 Å². The van der Waals surface area contributed by atoms with Crippen LogP contribution in [-0.2, 0) is 27.8 Å². The van der Waals surface area contributed by atoms with Crippen LogP contribution in [0.5, 0.6) is 5.75 Å². The van der Waals surface area contributed by atoms with Crippen LogP contribution in [0.1, 0.15) is 11.1 Å². The number of para-hydroxylation sites is 2. The number of carbonyl (C=O) groups excluding carboxylic acids is 1. The minimum absolute atomic E-state index is 0.153. The smallest absolute Gasteiger partial charge is 0.253 e. The fourth-order valence-electron chi connectivity index (χ4n) is 3.46. The third-order valence-corrected chi connectivity index (χ3v) is 8.16. The molecule has 1 amide bonds. The van der Waals surface area contributed by atoms with Gasteiger partial charge in [-0.15, -0.1) is 11.3 Å². The Labute approximate surface area is 173 Å². The minimum Gasteiger partial charge on any atom is -0.495 e. The zero-order valence-corrected chi connectivity index (χ0v) is 17.4. The molecule has 2 heterocycles. The molecule has 8 heteroatoms. The Morgan fingerprint density at radius 2 is 1.79 bits per heavy atom. The topological polar surface area (TPSA) is 75.7 Å². The van der Waals surface area contributed by atoms with Crippen LogP contribution >= 0.6 is 11.3 Å². The molecule has 0 bridgehead atoms. The fraction of sp³-hybridized carbons (Fsp3) is 0.190. The van der Waals surface area contributed by atoms with E-state index >= 15 is 0 Å². The predicted molar refractivity (Wildman–Crippen MR) is 113 cm³/mol. The molecule has 0 spiro atoms. The number of thiophene rings is 1. The number of nitrogens with zero attached hydrogens (tertiary/aromatic N) is 1. The summed E-state index contributed by atoms with van der Waals surface area (Å²) in [5, 5.41) is 4.56. The molecule has 4 rings (SSSR count). The van der Waals surface area contributed by atoms with Crippen molar-refractivity contribution in [3.8, 4) is 5.75 Å². The molecule has 3 aromatic rings.